The molecule has 0 bridgehead atoms. The molecule has 1 heterocycles. The highest BCUT2D eigenvalue weighted by atomic mass is 16.3. The molecule has 2 nitrogen and oxygen atoms in total. The van der Waals surface area contributed by atoms with Crippen molar-refractivity contribution in [3.8, 4) is 0 Å². The molecule has 0 saturated carbocycles. The van der Waals surface area contributed by atoms with Crippen LogP contribution in [0.2, 0.25) is 0 Å². The number of hydrogen-bond donors (Lipinski definition) is 0. The summed E-state index contributed by atoms with van der Waals surface area (Å²) in [6, 6.07) is 12.9. The Balaban J connectivity index is 0.00000205. The van der Waals surface area contributed by atoms with Crippen molar-refractivity contribution in [2.75, 3.05) is 18.0 Å². The summed E-state index contributed by atoms with van der Waals surface area (Å²) in [4.78, 5) is 2.57. The minimum absolute atomic E-state index is 0.548. The van der Waals surface area contributed by atoms with Gasteiger partial charge in [0.15, 0.2) is 0 Å². The largest absolute Gasteiger partial charge is 0.593 e. The van der Waals surface area contributed by atoms with E-state index in [2.05, 4.69) is 99.4 Å². The molecule has 0 spiro atoms. The fourth-order valence-electron chi connectivity index (χ4n) is 5.28. The molecule has 39 heavy (non-hydrogen) atoms. The number of aryl methyl sites for hydroxylation is 3. The zero-order chi connectivity index (χ0) is 28.2. The summed E-state index contributed by atoms with van der Waals surface area (Å²) in [5, 5.41) is 8.74. The first kappa shape index (κ1) is 30.0. The molecule has 0 atom stereocenters. The van der Waals surface area contributed by atoms with Gasteiger partial charge in [-0.2, -0.15) is 0 Å². The van der Waals surface area contributed by atoms with E-state index in [9.17, 15) is 0 Å². The van der Waals surface area contributed by atoms with Crippen molar-refractivity contribution < 1.29 is 5.11 Å². The summed E-state index contributed by atoms with van der Waals surface area (Å²) in [6.45, 7) is 15.1. The summed E-state index contributed by atoms with van der Waals surface area (Å²) in [5.74, 6) is 0.548. The average Bonchev–Trinajstić information content (AvgIpc) is 3.16. The quantitative estimate of drug-likeness (QED) is 0.193. The number of allylic oxidation sites excluding steroid dienone is 10. The van der Waals surface area contributed by atoms with E-state index in [1.165, 1.54) is 64.9 Å². The molecule has 2 heteroatoms. The van der Waals surface area contributed by atoms with Crippen LogP contribution in [0.25, 0.3) is 11.8 Å². The first-order chi connectivity index (χ1) is 18.9. The van der Waals surface area contributed by atoms with Crippen LogP contribution in [-0.4, -0.2) is 18.2 Å². The van der Waals surface area contributed by atoms with E-state index < -0.39 is 0 Å². The van der Waals surface area contributed by atoms with Crippen LogP contribution in [0.5, 0.6) is 0 Å². The second-order valence-corrected chi connectivity index (χ2v) is 10.4. The van der Waals surface area contributed by atoms with Gasteiger partial charge in [0.2, 0.25) is 0 Å². The summed E-state index contributed by atoms with van der Waals surface area (Å²) < 4.78 is 0. The first-order valence-electron chi connectivity index (χ1n) is 14.7. The Morgan fingerprint density at radius 2 is 1.79 bits per heavy atom. The van der Waals surface area contributed by atoms with Crippen LogP contribution in [0.15, 0.2) is 95.6 Å². The van der Waals surface area contributed by atoms with E-state index in [0.717, 1.165) is 30.5 Å². The first-order valence-corrected chi connectivity index (χ1v) is 14.7. The highest BCUT2D eigenvalue weighted by Gasteiger charge is 2.18. The van der Waals surface area contributed by atoms with Crippen molar-refractivity contribution >= 4 is 17.5 Å². The summed E-state index contributed by atoms with van der Waals surface area (Å²) >= 11 is 0. The SMILES string of the molecule is CC.CCCN1CCCc2cc(/C=C/C/C=C(\C=C(/[OH2+])c3ccc(C)cc3)C3=CC=C(C)C=CC3)cc(C)c21. The van der Waals surface area contributed by atoms with Crippen LogP contribution in [-0.2, 0) is 6.42 Å². The number of hydrogen-bond acceptors (Lipinski definition) is 1. The second-order valence-electron chi connectivity index (χ2n) is 10.4. The molecule has 2 aliphatic rings. The van der Waals surface area contributed by atoms with Crippen LogP contribution in [0.4, 0.5) is 5.69 Å². The van der Waals surface area contributed by atoms with Gasteiger partial charge in [-0.1, -0.05) is 86.6 Å². The lowest BCUT2D eigenvalue weighted by atomic mass is 9.95. The van der Waals surface area contributed by atoms with Crippen LogP contribution in [0.1, 0.15) is 81.2 Å². The highest BCUT2D eigenvalue weighted by Crippen LogP contribution is 2.32. The third-order valence-corrected chi connectivity index (χ3v) is 7.17. The average molecular weight is 523 g/mol. The molecule has 0 fully saturated rings. The Labute approximate surface area is 237 Å². The molecule has 2 aromatic carbocycles. The van der Waals surface area contributed by atoms with Crippen LogP contribution >= 0.6 is 0 Å². The normalized spacial score (nSPS) is 15.8. The van der Waals surface area contributed by atoms with Gasteiger partial charge in [0.05, 0.1) is 5.56 Å². The van der Waals surface area contributed by atoms with Gasteiger partial charge in [-0.05, 0) is 105 Å². The zero-order valence-electron chi connectivity index (χ0n) is 25.0. The number of nitrogens with zero attached hydrogens (tertiary/aromatic N) is 1. The Bertz CT molecular complexity index is 1280. The van der Waals surface area contributed by atoms with Gasteiger partial charge >= 0.3 is 0 Å². The molecular formula is C37H48NO+. The van der Waals surface area contributed by atoms with Gasteiger partial charge in [-0.15, -0.1) is 0 Å². The molecule has 1 aliphatic heterocycles. The Morgan fingerprint density at radius 3 is 2.54 bits per heavy atom. The fourth-order valence-corrected chi connectivity index (χ4v) is 5.28. The van der Waals surface area contributed by atoms with Crippen molar-refractivity contribution in [2.45, 2.75) is 73.6 Å². The van der Waals surface area contributed by atoms with Crippen molar-refractivity contribution in [1.29, 1.82) is 0 Å². The predicted octanol–water partition coefficient (Wildman–Crippen LogP) is 9.42. The molecule has 0 unspecified atom stereocenters. The molecular weight excluding hydrogens is 474 g/mol. The number of benzene rings is 2. The number of anilines is 1. The molecule has 0 radical (unpaired) electrons. The van der Waals surface area contributed by atoms with Gasteiger partial charge in [0.25, 0.3) is 5.76 Å². The molecule has 0 saturated heterocycles. The van der Waals surface area contributed by atoms with Crippen LogP contribution < -0.4 is 4.90 Å². The van der Waals surface area contributed by atoms with Crippen molar-refractivity contribution in [3.05, 3.63) is 123 Å². The molecule has 0 amide bonds. The molecule has 1 aliphatic carbocycles. The monoisotopic (exact) mass is 522 g/mol. The minimum Gasteiger partial charge on any atom is -0.593 e. The minimum atomic E-state index is 0.548. The molecule has 0 aromatic heterocycles. The maximum Gasteiger partial charge on any atom is 0.261 e. The molecule has 2 aromatic rings. The predicted molar refractivity (Wildman–Crippen MR) is 173 cm³/mol. The van der Waals surface area contributed by atoms with Crippen molar-refractivity contribution in [1.82, 2.24) is 0 Å². The number of fused-ring (bicyclic) bond motifs is 1. The van der Waals surface area contributed by atoms with Crippen molar-refractivity contribution in [2.24, 2.45) is 0 Å². The Kier molecular flexibility index (Phi) is 11.7. The molecule has 2 N–H and O–H groups in total. The van der Waals surface area contributed by atoms with Gasteiger partial charge in [-0.25, -0.2) is 0 Å². The Morgan fingerprint density at radius 1 is 1.03 bits per heavy atom. The van der Waals surface area contributed by atoms with Gasteiger partial charge in [0.1, 0.15) is 0 Å². The molecule has 206 valence electrons. The standard InChI is InChI=1S/C35H41NO.C2H6/c1-5-21-36-22-9-14-33-24-29(23-28(4)35(33)36)11-6-7-12-32(30-13-8-10-26(2)15-18-30)25-34(37)31-19-16-27(3)17-20-31;1-2/h6,8,10-12,15-20,23-25,37H,5,7,9,13-14,21-22H2,1-4H3;1-2H3/p+1/b11-6+,32-12+,34-25-;. The highest BCUT2D eigenvalue weighted by molar-refractivity contribution is 5.67. The van der Waals surface area contributed by atoms with Gasteiger partial charge in [0, 0.05) is 24.9 Å². The van der Waals surface area contributed by atoms with Gasteiger partial charge in [-0.3, -0.25) is 0 Å². The maximum absolute atomic E-state index is 8.74. The number of rotatable bonds is 8. The second kappa shape index (κ2) is 15.2. The lowest BCUT2D eigenvalue weighted by Gasteiger charge is -2.33. The lowest BCUT2D eigenvalue weighted by molar-refractivity contribution is 0.511. The third-order valence-electron chi connectivity index (χ3n) is 7.17. The van der Waals surface area contributed by atoms with Crippen LogP contribution in [0.3, 0.4) is 0 Å². The zero-order valence-corrected chi connectivity index (χ0v) is 25.0. The van der Waals surface area contributed by atoms with E-state index in [0.29, 0.717) is 5.76 Å². The van der Waals surface area contributed by atoms with E-state index in [4.69, 9.17) is 5.11 Å². The van der Waals surface area contributed by atoms with Crippen LogP contribution in [0, 0.1) is 13.8 Å². The third kappa shape index (κ3) is 8.48. The van der Waals surface area contributed by atoms with Crippen molar-refractivity contribution in [3.63, 3.8) is 0 Å². The van der Waals surface area contributed by atoms with E-state index in [-0.39, 0.29) is 0 Å². The Hall–Kier alpha value is -3.52. The summed E-state index contributed by atoms with van der Waals surface area (Å²) in [5.41, 5.74) is 11.4. The smallest absolute Gasteiger partial charge is 0.261 e. The summed E-state index contributed by atoms with van der Waals surface area (Å²) in [6.07, 6.45) is 22.9. The van der Waals surface area contributed by atoms with E-state index in [1.807, 2.05) is 32.1 Å². The maximum atomic E-state index is 8.74. The van der Waals surface area contributed by atoms with Gasteiger partial charge < -0.3 is 10.0 Å². The fraction of sp³-hybridized carbons (Fsp3) is 0.351. The topological polar surface area (TPSA) is 26.1 Å². The van der Waals surface area contributed by atoms with E-state index in [1.54, 1.807) is 0 Å². The molecule has 4 rings (SSSR count). The lowest BCUT2D eigenvalue weighted by Crippen LogP contribution is -2.30. The summed E-state index contributed by atoms with van der Waals surface area (Å²) in [7, 11) is 0. The van der Waals surface area contributed by atoms with E-state index >= 15 is 0 Å².